The lowest BCUT2D eigenvalue weighted by atomic mass is 10.2. The van der Waals surface area contributed by atoms with Gasteiger partial charge < -0.3 is 5.32 Å². The number of anilines is 1. The fourth-order valence-corrected chi connectivity index (χ4v) is 2.62. The first-order valence-corrected chi connectivity index (χ1v) is 7.10. The number of rotatable bonds is 2. The van der Waals surface area contributed by atoms with Crippen LogP contribution in [0.15, 0.2) is 43.0 Å². The lowest BCUT2D eigenvalue weighted by Crippen LogP contribution is -2.46. The summed E-state index contributed by atoms with van der Waals surface area (Å²) in [5.74, 6) is 0.919. The van der Waals surface area contributed by atoms with E-state index in [4.69, 9.17) is 0 Å². The van der Waals surface area contributed by atoms with E-state index in [1.54, 1.807) is 0 Å². The normalized spacial score (nSPS) is 17.1. The Morgan fingerprint density at radius 1 is 1.24 bits per heavy atom. The van der Waals surface area contributed by atoms with Crippen molar-refractivity contribution in [2.45, 2.75) is 20.0 Å². The highest BCUT2D eigenvalue weighted by Crippen LogP contribution is 2.17. The number of pyridine rings is 1. The molecule has 5 nitrogen and oxygen atoms in total. The molecule has 0 aliphatic carbocycles. The van der Waals surface area contributed by atoms with Gasteiger partial charge in [0.2, 0.25) is 5.69 Å². The van der Waals surface area contributed by atoms with Crippen LogP contribution in [0.25, 0.3) is 11.4 Å². The molecule has 1 aliphatic rings. The van der Waals surface area contributed by atoms with E-state index in [0.717, 1.165) is 11.6 Å². The average Bonchev–Trinajstić information content (AvgIpc) is 2.88. The number of hydrogen-bond donors (Lipinski definition) is 1. The fourth-order valence-electron chi connectivity index (χ4n) is 2.62. The summed E-state index contributed by atoms with van der Waals surface area (Å²) in [4.78, 5) is 6.66. The molecular weight excluding hydrogens is 262 g/mol. The van der Waals surface area contributed by atoms with Gasteiger partial charge in [-0.05, 0) is 19.4 Å². The van der Waals surface area contributed by atoms with Crippen LogP contribution in [0.1, 0.15) is 12.5 Å². The second-order valence-electron chi connectivity index (χ2n) is 5.45. The van der Waals surface area contributed by atoms with E-state index in [9.17, 15) is 0 Å². The summed E-state index contributed by atoms with van der Waals surface area (Å²) in [6.07, 6.45) is 8.14. The largest absolute Gasteiger partial charge is 0.400 e. The highest BCUT2D eigenvalue weighted by atomic mass is 15.4. The van der Waals surface area contributed by atoms with Gasteiger partial charge in [-0.25, -0.2) is 9.47 Å². The van der Waals surface area contributed by atoms with Crippen LogP contribution < -0.4 is 19.4 Å². The third-order valence-electron chi connectivity index (χ3n) is 3.87. The maximum absolute atomic E-state index is 4.54. The van der Waals surface area contributed by atoms with Crippen LogP contribution in [0.5, 0.6) is 0 Å². The molecule has 2 aromatic heterocycles. The molecular formula is C16H21N5+2. The van der Waals surface area contributed by atoms with Crippen molar-refractivity contribution in [3.63, 3.8) is 0 Å². The number of aryl methyl sites for hydroxylation is 2. The Hall–Kier alpha value is -2.43. The van der Waals surface area contributed by atoms with Gasteiger partial charge in [0.05, 0.1) is 13.2 Å². The van der Waals surface area contributed by atoms with Crippen LogP contribution in [0.4, 0.5) is 5.95 Å². The quantitative estimate of drug-likeness (QED) is 0.833. The van der Waals surface area contributed by atoms with Crippen LogP contribution in [0, 0.1) is 6.92 Å². The van der Waals surface area contributed by atoms with Crippen LogP contribution in [0.3, 0.4) is 0 Å². The van der Waals surface area contributed by atoms with E-state index in [1.807, 2.05) is 18.6 Å². The zero-order valence-electron chi connectivity index (χ0n) is 12.9. The molecule has 0 saturated heterocycles. The Morgan fingerprint density at radius 3 is 2.76 bits per heavy atom. The van der Waals surface area contributed by atoms with E-state index in [-0.39, 0.29) is 6.17 Å². The lowest BCUT2D eigenvalue weighted by molar-refractivity contribution is -0.685. The van der Waals surface area contributed by atoms with E-state index in [2.05, 4.69) is 76.7 Å². The second-order valence-corrected chi connectivity index (χ2v) is 5.45. The average molecular weight is 283 g/mol. The molecule has 1 aliphatic heterocycles. The first-order valence-electron chi connectivity index (χ1n) is 7.10. The molecule has 0 radical (unpaired) electrons. The molecule has 0 unspecified atom stereocenters. The smallest absolute Gasteiger partial charge is 0.357 e. The highest BCUT2D eigenvalue weighted by molar-refractivity contribution is 5.49. The topological polar surface area (TPSA) is 35.9 Å². The summed E-state index contributed by atoms with van der Waals surface area (Å²) in [7, 11) is 4.12. The molecule has 0 fully saturated rings. The minimum Gasteiger partial charge on any atom is -0.357 e. The number of nitrogens with zero attached hydrogens (tertiary/aromatic N) is 4. The van der Waals surface area contributed by atoms with Gasteiger partial charge in [0, 0.05) is 24.4 Å². The van der Waals surface area contributed by atoms with Gasteiger partial charge in [-0.15, -0.1) is 0 Å². The van der Waals surface area contributed by atoms with Crippen LogP contribution in [0.2, 0.25) is 0 Å². The van der Waals surface area contributed by atoms with Crippen molar-refractivity contribution in [3.05, 3.63) is 48.6 Å². The van der Waals surface area contributed by atoms with Gasteiger partial charge >= 0.3 is 5.95 Å². The van der Waals surface area contributed by atoms with Gasteiger partial charge in [-0.3, -0.25) is 0 Å². The van der Waals surface area contributed by atoms with Crippen molar-refractivity contribution >= 4 is 5.95 Å². The zero-order valence-corrected chi connectivity index (χ0v) is 12.9. The Balaban J connectivity index is 2.12. The van der Waals surface area contributed by atoms with Crippen LogP contribution in [-0.2, 0) is 14.1 Å². The van der Waals surface area contributed by atoms with Crippen molar-refractivity contribution in [3.8, 4) is 11.4 Å². The molecule has 21 heavy (non-hydrogen) atoms. The molecule has 1 N–H and O–H groups in total. The molecule has 108 valence electrons. The third-order valence-corrected chi connectivity index (χ3v) is 3.87. The SMILES string of the molecule is Cc1cc[n+](C)c(-c2ccnc(N3C=CN[C@H]3C)[n+]2C)c1. The molecule has 0 amide bonds. The molecule has 2 aromatic rings. The second kappa shape index (κ2) is 5.16. The van der Waals surface area contributed by atoms with Gasteiger partial charge in [0.25, 0.3) is 0 Å². The molecule has 1 atom stereocenters. The molecule has 3 heterocycles. The van der Waals surface area contributed by atoms with E-state index < -0.39 is 0 Å². The van der Waals surface area contributed by atoms with Gasteiger partial charge in [-0.2, -0.15) is 4.57 Å². The predicted molar refractivity (Wildman–Crippen MR) is 81.0 cm³/mol. The summed E-state index contributed by atoms with van der Waals surface area (Å²) in [5.41, 5.74) is 3.56. The molecule has 3 rings (SSSR count). The summed E-state index contributed by atoms with van der Waals surface area (Å²) in [6.45, 7) is 4.22. The Kier molecular flexibility index (Phi) is 3.33. The van der Waals surface area contributed by atoms with Crippen molar-refractivity contribution in [2.75, 3.05) is 4.90 Å². The van der Waals surface area contributed by atoms with Gasteiger partial charge in [-0.1, -0.05) is 4.98 Å². The Morgan fingerprint density at radius 2 is 2.05 bits per heavy atom. The highest BCUT2D eigenvalue weighted by Gasteiger charge is 2.29. The summed E-state index contributed by atoms with van der Waals surface area (Å²) >= 11 is 0. The molecule has 0 aromatic carbocycles. The Labute approximate surface area is 125 Å². The molecule has 5 heteroatoms. The third kappa shape index (κ3) is 2.35. The first-order chi connectivity index (χ1) is 10.1. The fraction of sp³-hybridized carbons (Fsp3) is 0.312. The van der Waals surface area contributed by atoms with Crippen LogP contribution >= 0.6 is 0 Å². The standard InChI is InChI=1S/C16H20N5/c1-12-6-9-19(3)15(11-12)14-5-7-18-16(20(14)4)21-10-8-17-13(21)2/h5-11,13H,1-4H3/q+1/p+1/t13-/m1/s1. The summed E-state index contributed by atoms with van der Waals surface area (Å²) in [6, 6.07) is 6.36. The van der Waals surface area contributed by atoms with E-state index >= 15 is 0 Å². The summed E-state index contributed by atoms with van der Waals surface area (Å²) in [5, 5.41) is 3.26. The summed E-state index contributed by atoms with van der Waals surface area (Å²) < 4.78 is 4.26. The van der Waals surface area contributed by atoms with Crippen LogP contribution in [-0.4, -0.2) is 11.1 Å². The molecule has 0 bridgehead atoms. The first kappa shape index (κ1) is 13.5. The maximum Gasteiger partial charge on any atom is 0.400 e. The van der Waals surface area contributed by atoms with Crippen molar-refractivity contribution < 1.29 is 9.13 Å². The lowest BCUT2D eigenvalue weighted by Gasteiger charge is -2.16. The van der Waals surface area contributed by atoms with Crippen molar-refractivity contribution in [1.29, 1.82) is 0 Å². The van der Waals surface area contributed by atoms with Gasteiger partial charge in [0.1, 0.15) is 19.4 Å². The number of nitrogens with one attached hydrogen (secondary N) is 1. The van der Waals surface area contributed by atoms with E-state index in [0.29, 0.717) is 0 Å². The Bertz CT molecular complexity index is 708. The predicted octanol–water partition coefficient (Wildman–Crippen LogP) is 0.933. The zero-order chi connectivity index (χ0) is 15.0. The van der Waals surface area contributed by atoms with Crippen molar-refractivity contribution in [2.24, 2.45) is 14.1 Å². The number of aromatic nitrogens is 3. The minimum absolute atomic E-state index is 0.213. The van der Waals surface area contributed by atoms with Gasteiger partial charge in [0.15, 0.2) is 11.9 Å². The minimum atomic E-state index is 0.213. The monoisotopic (exact) mass is 283 g/mol. The van der Waals surface area contributed by atoms with E-state index in [1.165, 1.54) is 11.3 Å². The molecule has 0 saturated carbocycles. The van der Waals surface area contributed by atoms with Crippen molar-refractivity contribution in [1.82, 2.24) is 10.3 Å². The maximum atomic E-state index is 4.54. The molecule has 0 spiro atoms. The number of hydrogen-bond acceptors (Lipinski definition) is 3.